The third-order valence-corrected chi connectivity index (χ3v) is 15.1. The summed E-state index contributed by atoms with van der Waals surface area (Å²) < 4.78 is 11.1. The van der Waals surface area contributed by atoms with E-state index < -0.39 is 74.2 Å². The van der Waals surface area contributed by atoms with Crippen molar-refractivity contribution in [2.24, 2.45) is 0 Å². The van der Waals surface area contributed by atoms with Gasteiger partial charge in [0.25, 0.3) is 0 Å². The first-order chi connectivity index (χ1) is 36.7. The van der Waals surface area contributed by atoms with Crippen LogP contribution in [0.5, 0.6) is 0 Å². The van der Waals surface area contributed by atoms with Gasteiger partial charge in [0.2, 0.25) is 5.91 Å². The molecule has 9 atom stereocenters. The van der Waals surface area contributed by atoms with Crippen molar-refractivity contribution in [1.82, 2.24) is 5.32 Å². The fourth-order valence-electron chi connectivity index (χ4n) is 9.94. The third-order valence-electron chi connectivity index (χ3n) is 15.1. The average molecular weight is 1060 g/mol. The molecule has 1 amide bonds. The molecule has 75 heavy (non-hydrogen) atoms. The summed E-state index contributed by atoms with van der Waals surface area (Å²) in [7, 11) is 0. The monoisotopic (exact) mass is 1060 g/mol. The zero-order valence-corrected chi connectivity index (χ0v) is 48.3. The first-order valence-corrected chi connectivity index (χ1v) is 31.5. The topological polar surface area (TPSA) is 189 Å². The SMILES string of the molecule is CCCCCC/C=C/CC/C=C/CC/C=C/CCCC(O)C(O)C(COC1OC(CO)C(O)C(O)C1O)NC(=O)C(O)CCCCCCCCCCCCCCCCC/C=C\CCCCCCCCCCCCCC. The van der Waals surface area contributed by atoms with Gasteiger partial charge in [-0.25, -0.2) is 0 Å². The molecule has 0 aromatic rings. The lowest BCUT2D eigenvalue weighted by molar-refractivity contribution is -0.303. The first-order valence-electron chi connectivity index (χ1n) is 31.5. The number of hydrogen-bond acceptors (Lipinski definition) is 10. The highest BCUT2D eigenvalue weighted by Gasteiger charge is 2.44. The van der Waals surface area contributed by atoms with Gasteiger partial charge in [-0.1, -0.05) is 242 Å². The number of carbonyl (C=O) groups excluding carboxylic acids is 1. The number of carbonyl (C=O) groups is 1. The van der Waals surface area contributed by atoms with Crippen molar-refractivity contribution in [3.05, 3.63) is 48.6 Å². The number of allylic oxidation sites excluding steroid dienone is 8. The summed E-state index contributed by atoms with van der Waals surface area (Å²) in [6, 6.07) is -1.20. The molecule has 0 aromatic heterocycles. The molecule has 1 saturated heterocycles. The smallest absolute Gasteiger partial charge is 0.249 e. The molecule has 0 aromatic carbocycles. The Labute approximate surface area is 459 Å². The molecule has 11 heteroatoms. The zero-order valence-electron chi connectivity index (χ0n) is 48.3. The minimum absolute atomic E-state index is 0.241. The predicted octanol–water partition coefficient (Wildman–Crippen LogP) is 14.0. The van der Waals surface area contributed by atoms with E-state index in [9.17, 15) is 40.5 Å². The quantitative estimate of drug-likeness (QED) is 0.0215. The fourth-order valence-corrected chi connectivity index (χ4v) is 9.94. The lowest BCUT2D eigenvalue weighted by Gasteiger charge is -2.40. The zero-order chi connectivity index (χ0) is 54.7. The van der Waals surface area contributed by atoms with Crippen LogP contribution >= 0.6 is 0 Å². The van der Waals surface area contributed by atoms with Crippen molar-refractivity contribution in [1.29, 1.82) is 0 Å². The highest BCUT2D eigenvalue weighted by atomic mass is 16.7. The molecule has 0 spiro atoms. The Bertz CT molecular complexity index is 1360. The molecule has 1 fully saturated rings. The van der Waals surface area contributed by atoms with Crippen molar-refractivity contribution in [3.8, 4) is 0 Å². The highest BCUT2D eigenvalue weighted by molar-refractivity contribution is 5.80. The van der Waals surface area contributed by atoms with Gasteiger partial charge < -0.3 is 50.5 Å². The predicted molar refractivity (Wildman–Crippen MR) is 311 cm³/mol. The Balaban J connectivity index is 2.23. The molecule has 440 valence electrons. The van der Waals surface area contributed by atoms with Gasteiger partial charge in [0.05, 0.1) is 25.4 Å². The largest absolute Gasteiger partial charge is 0.394 e. The van der Waals surface area contributed by atoms with E-state index in [1.54, 1.807) is 0 Å². The van der Waals surface area contributed by atoms with Crippen LogP contribution < -0.4 is 5.32 Å². The molecular formula is C64H119NO10. The normalized spacial score (nSPS) is 20.0. The minimum Gasteiger partial charge on any atom is -0.394 e. The minimum atomic E-state index is -1.67. The van der Waals surface area contributed by atoms with Gasteiger partial charge in [0, 0.05) is 0 Å². The molecule has 0 bridgehead atoms. The Morgan fingerprint density at radius 3 is 1.20 bits per heavy atom. The van der Waals surface area contributed by atoms with Gasteiger partial charge in [-0.15, -0.1) is 0 Å². The standard InChI is InChI=1S/C64H119NO10/c1-3-5-7-9-11-13-15-17-19-21-22-23-24-25-26-27-28-29-30-31-32-33-34-36-38-40-42-44-46-48-50-52-57(68)63(73)65-55(54-74-64-62(72)61(71)60(70)58(53-66)75-64)59(69)56(67)51-49-47-45-43-41-39-37-35-20-18-16-14-12-10-8-6-4-2/h14,16,25-26,35,37,43,45,55-62,64,66-72H,3-13,15,17-24,27-34,36,38-42,44,46-54H2,1-2H3,(H,65,73)/b16-14+,26-25-,37-35+,45-43+. The maximum atomic E-state index is 13.2. The van der Waals surface area contributed by atoms with Crippen molar-refractivity contribution in [2.75, 3.05) is 13.2 Å². The summed E-state index contributed by atoms with van der Waals surface area (Å²) in [5.41, 5.74) is 0. The molecule has 1 heterocycles. The van der Waals surface area contributed by atoms with Crippen LogP contribution in [0, 0.1) is 0 Å². The van der Waals surface area contributed by atoms with Gasteiger partial charge in [0.15, 0.2) is 6.29 Å². The van der Waals surface area contributed by atoms with Crippen LogP contribution in [0.2, 0.25) is 0 Å². The number of nitrogens with one attached hydrogen (secondary N) is 1. The number of amides is 1. The number of rotatable bonds is 54. The van der Waals surface area contributed by atoms with Gasteiger partial charge in [0.1, 0.15) is 36.6 Å². The van der Waals surface area contributed by atoms with E-state index in [2.05, 4.69) is 67.8 Å². The molecule has 0 aliphatic carbocycles. The van der Waals surface area contributed by atoms with Gasteiger partial charge in [-0.2, -0.15) is 0 Å². The second kappa shape index (κ2) is 52.8. The number of ether oxygens (including phenoxy) is 2. The Kier molecular flexibility index (Phi) is 50.0. The van der Waals surface area contributed by atoms with Crippen LogP contribution in [0.15, 0.2) is 48.6 Å². The van der Waals surface area contributed by atoms with E-state index in [1.165, 1.54) is 193 Å². The van der Waals surface area contributed by atoms with E-state index in [-0.39, 0.29) is 12.8 Å². The van der Waals surface area contributed by atoms with Crippen LogP contribution in [0.25, 0.3) is 0 Å². The molecule has 1 aliphatic heterocycles. The van der Waals surface area contributed by atoms with Crippen LogP contribution in [0.1, 0.15) is 284 Å². The second-order valence-corrected chi connectivity index (χ2v) is 22.1. The lowest BCUT2D eigenvalue weighted by atomic mass is 9.98. The number of hydrogen-bond donors (Lipinski definition) is 8. The third kappa shape index (κ3) is 40.9. The Hall–Kier alpha value is -1.93. The Morgan fingerprint density at radius 1 is 0.453 bits per heavy atom. The van der Waals surface area contributed by atoms with Crippen molar-refractivity contribution in [3.63, 3.8) is 0 Å². The van der Waals surface area contributed by atoms with E-state index in [4.69, 9.17) is 9.47 Å². The van der Waals surface area contributed by atoms with Gasteiger partial charge in [-0.05, 0) is 89.9 Å². The van der Waals surface area contributed by atoms with Gasteiger partial charge >= 0.3 is 0 Å². The summed E-state index contributed by atoms with van der Waals surface area (Å²) in [5.74, 6) is -0.710. The Morgan fingerprint density at radius 2 is 0.800 bits per heavy atom. The summed E-state index contributed by atoms with van der Waals surface area (Å²) in [6.07, 6.45) is 56.1. The van der Waals surface area contributed by atoms with Crippen LogP contribution in [-0.4, -0.2) is 110 Å². The van der Waals surface area contributed by atoms with Crippen LogP contribution in [-0.2, 0) is 14.3 Å². The lowest BCUT2D eigenvalue weighted by Crippen LogP contribution is -2.60. The number of unbranched alkanes of at least 4 members (excludes halogenated alkanes) is 34. The fraction of sp³-hybridized carbons (Fsp3) is 0.859. The molecule has 9 unspecified atom stereocenters. The summed E-state index contributed by atoms with van der Waals surface area (Å²) in [5, 5.41) is 76.2. The van der Waals surface area contributed by atoms with E-state index in [0.717, 1.165) is 44.9 Å². The van der Waals surface area contributed by atoms with Crippen LogP contribution in [0.4, 0.5) is 0 Å². The molecule has 0 saturated carbocycles. The second-order valence-electron chi connectivity index (χ2n) is 22.1. The molecule has 1 rings (SSSR count). The number of aliphatic hydroxyl groups excluding tert-OH is 7. The van der Waals surface area contributed by atoms with Crippen molar-refractivity contribution in [2.45, 2.75) is 339 Å². The highest BCUT2D eigenvalue weighted by Crippen LogP contribution is 2.23. The number of aliphatic hydroxyl groups is 7. The molecule has 11 nitrogen and oxygen atoms in total. The van der Waals surface area contributed by atoms with E-state index in [0.29, 0.717) is 19.3 Å². The maximum absolute atomic E-state index is 13.2. The molecule has 0 radical (unpaired) electrons. The van der Waals surface area contributed by atoms with Gasteiger partial charge in [-0.3, -0.25) is 4.79 Å². The van der Waals surface area contributed by atoms with Crippen molar-refractivity contribution < 1.29 is 50.0 Å². The van der Waals surface area contributed by atoms with E-state index >= 15 is 0 Å². The maximum Gasteiger partial charge on any atom is 0.249 e. The molecule has 1 aliphatic rings. The molecular weight excluding hydrogens is 943 g/mol. The first kappa shape index (κ1) is 71.1. The van der Waals surface area contributed by atoms with Crippen molar-refractivity contribution >= 4 is 5.91 Å². The summed E-state index contributed by atoms with van der Waals surface area (Å²) >= 11 is 0. The molecule has 8 N–H and O–H groups in total. The van der Waals surface area contributed by atoms with E-state index in [1.807, 2.05) is 0 Å². The van der Waals surface area contributed by atoms with Crippen LogP contribution in [0.3, 0.4) is 0 Å². The summed E-state index contributed by atoms with van der Waals surface area (Å²) in [6.45, 7) is 3.44. The average Bonchev–Trinajstić information content (AvgIpc) is 3.41. The summed E-state index contributed by atoms with van der Waals surface area (Å²) in [4.78, 5) is 13.2.